The Hall–Kier alpha value is -2.75. The molecule has 0 aliphatic heterocycles. The van der Waals surface area contributed by atoms with Crippen molar-refractivity contribution in [3.63, 3.8) is 0 Å². The van der Waals surface area contributed by atoms with Crippen LogP contribution in [0.1, 0.15) is 16.2 Å². The van der Waals surface area contributed by atoms with Crippen LogP contribution in [0.25, 0.3) is 11.4 Å². The third-order valence-corrected chi connectivity index (χ3v) is 5.91. The van der Waals surface area contributed by atoms with Gasteiger partial charge in [0.2, 0.25) is 21.7 Å². The fourth-order valence-electron chi connectivity index (χ4n) is 2.31. The van der Waals surface area contributed by atoms with Crippen molar-refractivity contribution in [3.8, 4) is 11.4 Å². The number of hydrogen-bond donors (Lipinski definition) is 1. The van der Waals surface area contributed by atoms with Crippen LogP contribution in [0.5, 0.6) is 0 Å². The molecule has 1 N–H and O–H groups in total. The molecule has 0 bridgehead atoms. The molecule has 8 nitrogen and oxygen atoms in total. The Morgan fingerprint density at radius 3 is 2.57 bits per heavy atom. The number of aromatic nitrogens is 2. The van der Waals surface area contributed by atoms with Gasteiger partial charge in [-0.05, 0) is 42.5 Å². The van der Waals surface area contributed by atoms with E-state index < -0.39 is 15.9 Å². The average molecular weight is 421 g/mol. The molecule has 10 heteroatoms. The molecule has 1 heterocycles. The van der Waals surface area contributed by atoms with Gasteiger partial charge in [0, 0.05) is 30.2 Å². The zero-order chi connectivity index (χ0) is 20.3. The van der Waals surface area contributed by atoms with Crippen molar-refractivity contribution in [3.05, 3.63) is 65.0 Å². The predicted octanol–water partition coefficient (Wildman–Crippen LogP) is 2.57. The summed E-state index contributed by atoms with van der Waals surface area (Å²) in [7, 11) is -0.774. The molecule has 0 radical (unpaired) electrons. The van der Waals surface area contributed by atoms with Crippen LogP contribution < -0.4 is 5.32 Å². The van der Waals surface area contributed by atoms with Gasteiger partial charge in [0.05, 0.1) is 11.4 Å². The van der Waals surface area contributed by atoms with E-state index in [-0.39, 0.29) is 22.9 Å². The molecule has 3 rings (SSSR count). The third kappa shape index (κ3) is 4.38. The van der Waals surface area contributed by atoms with Crippen LogP contribution in [-0.4, -0.2) is 42.9 Å². The first-order valence-corrected chi connectivity index (χ1v) is 9.98. The number of hydrogen-bond acceptors (Lipinski definition) is 6. The molecule has 1 aromatic heterocycles. The van der Waals surface area contributed by atoms with Gasteiger partial charge in [-0.15, -0.1) is 0 Å². The fourth-order valence-corrected chi connectivity index (χ4v) is 3.38. The molecule has 0 aliphatic carbocycles. The molecule has 0 unspecified atom stereocenters. The Kier molecular flexibility index (Phi) is 5.78. The van der Waals surface area contributed by atoms with Crippen molar-refractivity contribution in [2.45, 2.75) is 11.4 Å². The number of halogens is 1. The summed E-state index contributed by atoms with van der Waals surface area (Å²) in [5.74, 6) is 0.136. The molecule has 1 amide bonds. The van der Waals surface area contributed by atoms with E-state index in [4.69, 9.17) is 16.1 Å². The highest BCUT2D eigenvalue weighted by atomic mass is 35.5. The maximum Gasteiger partial charge on any atom is 0.251 e. The third-order valence-electron chi connectivity index (χ3n) is 3.85. The first kappa shape index (κ1) is 20.0. The van der Waals surface area contributed by atoms with E-state index in [1.165, 1.54) is 38.4 Å². The minimum atomic E-state index is -3.63. The van der Waals surface area contributed by atoms with Crippen LogP contribution in [0.2, 0.25) is 5.02 Å². The number of nitrogens with one attached hydrogen (secondary N) is 1. The molecule has 146 valence electrons. The maximum atomic E-state index is 12.4. The molecule has 0 saturated heterocycles. The molecule has 3 aromatic rings. The summed E-state index contributed by atoms with van der Waals surface area (Å²) in [5.41, 5.74) is 0.938. The summed E-state index contributed by atoms with van der Waals surface area (Å²) >= 11 is 5.85. The number of benzene rings is 2. The topological polar surface area (TPSA) is 105 Å². The quantitative estimate of drug-likeness (QED) is 0.657. The van der Waals surface area contributed by atoms with Crippen molar-refractivity contribution < 1.29 is 17.7 Å². The highest BCUT2D eigenvalue weighted by Gasteiger charge is 2.19. The average Bonchev–Trinajstić information content (AvgIpc) is 3.15. The second kappa shape index (κ2) is 8.09. The van der Waals surface area contributed by atoms with Crippen LogP contribution >= 0.6 is 11.6 Å². The highest BCUT2D eigenvalue weighted by Crippen LogP contribution is 2.19. The number of carbonyl (C=O) groups excluding carboxylic acids is 1. The SMILES string of the molecule is CN(C)S(=O)(=O)c1cccc(C(=O)NCc2nc(-c3ccc(Cl)cc3)no2)c1. The molecular formula is C18H17ClN4O4S. The standard InChI is InChI=1S/C18H17ClN4O4S/c1-23(2)28(25,26)15-5-3-4-13(10-15)18(24)20-11-16-21-17(22-27-16)12-6-8-14(19)9-7-12/h3-10H,11H2,1-2H3,(H,20,24). The van der Waals surface area contributed by atoms with Crippen LogP contribution in [0.15, 0.2) is 57.9 Å². The van der Waals surface area contributed by atoms with Crippen LogP contribution in [0.4, 0.5) is 0 Å². The lowest BCUT2D eigenvalue weighted by Gasteiger charge is -2.12. The lowest BCUT2D eigenvalue weighted by atomic mass is 10.2. The van der Waals surface area contributed by atoms with E-state index in [0.29, 0.717) is 10.8 Å². The van der Waals surface area contributed by atoms with Gasteiger partial charge in [-0.2, -0.15) is 4.98 Å². The zero-order valence-corrected chi connectivity index (χ0v) is 16.7. The first-order chi connectivity index (χ1) is 13.3. The molecule has 0 fully saturated rings. The first-order valence-electron chi connectivity index (χ1n) is 8.16. The van der Waals surface area contributed by atoms with Crippen molar-refractivity contribution in [2.24, 2.45) is 0 Å². The Morgan fingerprint density at radius 2 is 1.89 bits per heavy atom. The number of amides is 1. The molecule has 0 saturated carbocycles. The van der Waals surface area contributed by atoms with Crippen LogP contribution in [0, 0.1) is 0 Å². The van der Waals surface area contributed by atoms with E-state index >= 15 is 0 Å². The number of sulfonamides is 1. The lowest BCUT2D eigenvalue weighted by molar-refractivity contribution is 0.0946. The summed E-state index contributed by atoms with van der Waals surface area (Å²) in [6, 6.07) is 12.7. The van der Waals surface area contributed by atoms with Gasteiger partial charge >= 0.3 is 0 Å². The van der Waals surface area contributed by atoms with E-state index in [9.17, 15) is 13.2 Å². The summed E-state index contributed by atoms with van der Waals surface area (Å²) < 4.78 is 30.6. The summed E-state index contributed by atoms with van der Waals surface area (Å²) in [4.78, 5) is 16.6. The molecule has 0 atom stereocenters. The number of carbonyl (C=O) groups is 1. The van der Waals surface area contributed by atoms with Crippen LogP contribution in [-0.2, 0) is 16.6 Å². The Bertz CT molecular complexity index is 1090. The van der Waals surface area contributed by atoms with Gasteiger partial charge in [0.25, 0.3) is 5.91 Å². The summed E-state index contributed by atoms with van der Waals surface area (Å²) in [5, 5.41) is 7.10. The van der Waals surface area contributed by atoms with E-state index in [0.717, 1.165) is 9.87 Å². The zero-order valence-electron chi connectivity index (χ0n) is 15.1. The fraction of sp³-hybridized carbons (Fsp3) is 0.167. The van der Waals surface area contributed by atoms with Gasteiger partial charge < -0.3 is 9.84 Å². The second-order valence-electron chi connectivity index (χ2n) is 6.02. The Labute approximate surface area is 167 Å². The van der Waals surface area contributed by atoms with E-state index in [2.05, 4.69) is 15.5 Å². The van der Waals surface area contributed by atoms with Gasteiger partial charge in [-0.3, -0.25) is 4.79 Å². The van der Waals surface area contributed by atoms with E-state index in [1.807, 2.05) is 0 Å². The monoisotopic (exact) mass is 420 g/mol. The predicted molar refractivity (Wildman–Crippen MR) is 103 cm³/mol. The molecule has 2 aromatic carbocycles. The van der Waals surface area contributed by atoms with Crippen molar-refractivity contribution in [1.29, 1.82) is 0 Å². The van der Waals surface area contributed by atoms with Gasteiger partial charge in [0.15, 0.2) is 0 Å². The number of rotatable bonds is 6. The second-order valence-corrected chi connectivity index (χ2v) is 8.60. The normalized spacial score (nSPS) is 11.6. The van der Waals surface area contributed by atoms with Crippen molar-refractivity contribution >= 4 is 27.5 Å². The minimum Gasteiger partial charge on any atom is -0.343 e. The lowest BCUT2D eigenvalue weighted by Crippen LogP contribution is -2.25. The smallest absolute Gasteiger partial charge is 0.251 e. The van der Waals surface area contributed by atoms with Gasteiger partial charge in [-0.1, -0.05) is 22.8 Å². The molecule has 0 aliphatic rings. The molecule has 28 heavy (non-hydrogen) atoms. The Balaban J connectivity index is 1.69. The summed E-state index contributed by atoms with van der Waals surface area (Å²) in [6.45, 7) is 0.00405. The molecular weight excluding hydrogens is 404 g/mol. The Morgan fingerprint density at radius 1 is 1.18 bits per heavy atom. The van der Waals surface area contributed by atoms with Crippen molar-refractivity contribution in [2.75, 3.05) is 14.1 Å². The number of nitrogens with zero attached hydrogens (tertiary/aromatic N) is 3. The van der Waals surface area contributed by atoms with Gasteiger partial charge in [-0.25, -0.2) is 12.7 Å². The maximum absolute atomic E-state index is 12.4. The molecule has 0 spiro atoms. The van der Waals surface area contributed by atoms with E-state index in [1.54, 1.807) is 24.3 Å². The minimum absolute atomic E-state index is 0.00405. The van der Waals surface area contributed by atoms with Gasteiger partial charge in [0.1, 0.15) is 0 Å². The largest absolute Gasteiger partial charge is 0.343 e. The highest BCUT2D eigenvalue weighted by molar-refractivity contribution is 7.89. The van der Waals surface area contributed by atoms with Crippen molar-refractivity contribution in [1.82, 2.24) is 19.8 Å². The summed E-state index contributed by atoms with van der Waals surface area (Å²) in [6.07, 6.45) is 0. The van der Waals surface area contributed by atoms with Crippen LogP contribution in [0.3, 0.4) is 0 Å².